The molecule has 0 aliphatic carbocycles. The number of hydrogen-bond donors (Lipinski definition) is 1. The summed E-state index contributed by atoms with van der Waals surface area (Å²) >= 11 is 0. The maximum atomic E-state index is 11.9. The quantitative estimate of drug-likeness (QED) is 0.881. The Balaban J connectivity index is 1.84. The SMILES string of the molecule is CCOc1ccc(OCC(=O)Nc2cnc(C(C)(C)C)nc2)cc1. The molecule has 0 bridgehead atoms. The zero-order valence-corrected chi connectivity index (χ0v) is 14.5. The van der Waals surface area contributed by atoms with Crippen LogP contribution in [0.25, 0.3) is 0 Å². The highest BCUT2D eigenvalue weighted by atomic mass is 16.5. The molecule has 6 nitrogen and oxygen atoms in total. The average molecular weight is 329 g/mol. The third-order valence-corrected chi connectivity index (χ3v) is 3.11. The lowest BCUT2D eigenvalue weighted by molar-refractivity contribution is -0.118. The maximum absolute atomic E-state index is 11.9. The molecule has 2 aromatic rings. The Hall–Kier alpha value is -2.63. The summed E-state index contributed by atoms with van der Waals surface area (Å²) in [7, 11) is 0. The molecule has 128 valence electrons. The maximum Gasteiger partial charge on any atom is 0.262 e. The van der Waals surface area contributed by atoms with E-state index >= 15 is 0 Å². The van der Waals surface area contributed by atoms with E-state index in [1.54, 1.807) is 36.7 Å². The molecule has 0 unspecified atom stereocenters. The molecule has 0 saturated carbocycles. The largest absolute Gasteiger partial charge is 0.494 e. The fraction of sp³-hybridized carbons (Fsp3) is 0.389. The normalized spacial score (nSPS) is 11.0. The highest BCUT2D eigenvalue weighted by molar-refractivity contribution is 5.91. The van der Waals surface area contributed by atoms with E-state index in [2.05, 4.69) is 15.3 Å². The van der Waals surface area contributed by atoms with Gasteiger partial charge >= 0.3 is 0 Å². The van der Waals surface area contributed by atoms with Gasteiger partial charge in [0.2, 0.25) is 0 Å². The van der Waals surface area contributed by atoms with Gasteiger partial charge < -0.3 is 14.8 Å². The standard InChI is InChI=1S/C18H23N3O3/c1-5-23-14-6-8-15(9-7-14)24-12-16(22)21-13-10-19-17(20-11-13)18(2,3)4/h6-11H,5,12H2,1-4H3,(H,21,22). The lowest BCUT2D eigenvalue weighted by atomic mass is 9.96. The van der Waals surface area contributed by atoms with Gasteiger partial charge in [0, 0.05) is 5.41 Å². The highest BCUT2D eigenvalue weighted by Gasteiger charge is 2.16. The second kappa shape index (κ2) is 7.77. The van der Waals surface area contributed by atoms with Gasteiger partial charge in [-0.15, -0.1) is 0 Å². The first-order chi connectivity index (χ1) is 11.4. The molecule has 0 spiro atoms. The minimum absolute atomic E-state index is 0.0883. The van der Waals surface area contributed by atoms with Crippen LogP contribution < -0.4 is 14.8 Å². The second-order valence-electron chi connectivity index (χ2n) is 6.29. The number of anilines is 1. The third kappa shape index (κ3) is 5.22. The lowest BCUT2D eigenvalue weighted by Crippen LogP contribution is -2.21. The van der Waals surface area contributed by atoms with Crippen molar-refractivity contribution in [2.75, 3.05) is 18.5 Å². The Bertz CT molecular complexity index is 661. The van der Waals surface area contributed by atoms with Crippen LogP contribution in [0.15, 0.2) is 36.7 Å². The fourth-order valence-electron chi connectivity index (χ4n) is 1.92. The van der Waals surface area contributed by atoms with Crippen molar-refractivity contribution < 1.29 is 14.3 Å². The van der Waals surface area contributed by atoms with E-state index in [4.69, 9.17) is 9.47 Å². The number of aromatic nitrogens is 2. The Morgan fingerprint density at radius 3 is 2.08 bits per heavy atom. The number of ether oxygens (including phenoxy) is 2. The van der Waals surface area contributed by atoms with E-state index in [1.165, 1.54) is 0 Å². The molecular formula is C18H23N3O3. The topological polar surface area (TPSA) is 73.3 Å². The van der Waals surface area contributed by atoms with Crippen molar-refractivity contribution in [2.45, 2.75) is 33.1 Å². The van der Waals surface area contributed by atoms with Crippen LogP contribution in [0.1, 0.15) is 33.5 Å². The van der Waals surface area contributed by atoms with Gasteiger partial charge in [-0.3, -0.25) is 4.79 Å². The van der Waals surface area contributed by atoms with Crippen molar-refractivity contribution in [1.82, 2.24) is 9.97 Å². The summed E-state index contributed by atoms with van der Waals surface area (Å²) in [5.74, 6) is 1.83. The van der Waals surface area contributed by atoms with Gasteiger partial charge in [0.05, 0.1) is 24.7 Å². The van der Waals surface area contributed by atoms with Gasteiger partial charge in [0.25, 0.3) is 5.91 Å². The first-order valence-corrected chi connectivity index (χ1v) is 7.86. The van der Waals surface area contributed by atoms with E-state index in [9.17, 15) is 4.79 Å². The van der Waals surface area contributed by atoms with Gasteiger partial charge in [-0.25, -0.2) is 9.97 Å². The van der Waals surface area contributed by atoms with E-state index in [-0.39, 0.29) is 17.9 Å². The Morgan fingerprint density at radius 2 is 1.58 bits per heavy atom. The third-order valence-electron chi connectivity index (χ3n) is 3.11. The number of benzene rings is 1. The molecule has 0 saturated heterocycles. The molecule has 0 radical (unpaired) electrons. The van der Waals surface area contributed by atoms with Gasteiger partial charge in [-0.2, -0.15) is 0 Å². The van der Waals surface area contributed by atoms with Crippen molar-refractivity contribution in [3.05, 3.63) is 42.5 Å². The van der Waals surface area contributed by atoms with E-state index in [1.807, 2.05) is 27.7 Å². The first kappa shape index (κ1) is 17.7. The highest BCUT2D eigenvalue weighted by Crippen LogP contribution is 2.19. The Morgan fingerprint density at radius 1 is 1.04 bits per heavy atom. The smallest absolute Gasteiger partial charge is 0.262 e. The van der Waals surface area contributed by atoms with Crippen LogP contribution in [0, 0.1) is 0 Å². The minimum Gasteiger partial charge on any atom is -0.494 e. The van der Waals surface area contributed by atoms with Crippen LogP contribution in [0.4, 0.5) is 5.69 Å². The molecule has 1 aromatic heterocycles. The van der Waals surface area contributed by atoms with Gasteiger partial charge in [-0.05, 0) is 31.2 Å². The first-order valence-electron chi connectivity index (χ1n) is 7.86. The number of rotatable bonds is 6. The van der Waals surface area contributed by atoms with Crippen LogP contribution >= 0.6 is 0 Å². The summed E-state index contributed by atoms with van der Waals surface area (Å²) in [6.07, 6.45) is 3.20. The number of carbonyl (C=O) groups excluding carboxylic acids is 1. The van der Waals surface area contributed by atoms with Crippen molar-refractivity contribution in [3.63, 3.8) is 0 Å². The molecule has 0 fully saturated rings. The number of hydrogen-bond acceptors (Lipinski definition) is 5. The van der Waals surface area contributed by atoms with Crippen LogP contribution in [-0.4, -0.2) is 29.1 Å². The van der Waals surface area contributed by atoms with Crippen LogP contribution in [-0.2, 0) is 10.2 Å². The zero-order valence-electron chi connectivity index (χ0n) is 14.5. The molecule has 2 rings (SSSR count). The number of carbonyl (C=O) groups is 1. The summed E-state index contributed by atoms with van der Waals surface area (Å²) in [4.78, 5) is 20.5. The molecular weight excluding hydrogens is 306 g/mol. The Kier molecular flexibility index (Phi) is 5.73. The molecule has 1 N–H and O–H groups in total. The minimum atomic E-state index is -0.268. The van der Waals surface area contributed by atoms with E-state index < -0.39 is 0 Å². The lowest BCUT2D eigenvalue weighted by Gasteiger charge is -2.16. The number of nitrogens with zero attached hydrogens (tertiary/aromatic N) is 2. The zero-order chi connectivity index (χ0) is 17.6. The second-order valence-corrected chi connectivity index (χ2v) is 6.29. The van der Waals surface area contributed by atoms with Crippen LogP contribution in [0.5, 0.6) is 11.5 Å². The van der Waals surface area contributed by atoms with Crippen molar-refractivity contribution >= 4 is 11.6 Å². The van der Waals surface area contributed by atoms with Gasteiger partial charge in [-0.1, -0.05) is 20.8 Å². The van der Waals surface area contributed by atoms with Crippen molar-refractivity contribution in [2.24, 2.45) is 0 Å². The summed E-state index contributed by atoms with van der Waals surface area (Å²) in [6, 6.07) is 7.13. The summed E-state index contributed by atoms with van der Waals surface area (Å²) in [5, 5.41) is 2.71. The predicted octanol–water partition coefficient (Wildman–Crippen LogP) is 3.19. The van der Waals surface area contributed by atoms with E-state index in [0.717, 1.165) is 11.6 Å². The molecule has 1 aromatic carbocycles. The predicted molar refractivity (Wildman–Crippen MR) is 92.5 cm³/mol. The summed E-state index contributed by atoms with van der Waals surface area (Å²) in [5.41, 5.74) is 0.419. The number of amides is 1. The number of nitrogens with one attached hydrogen (secondary N) is 1. The monoisotopic (exact) mass is 329 g/mol. The van der Waals surface area contributed by atoms with Gasteiger partial charge in [0.15, 0.2) is 6.61 Å². The van der Waals surface area contributed by atoms with Crippen LogP contribution in [0.3, 0.4) is 0 Å². The molecule has 6 heteroatoms. The van der Waals surface area contributed by atoms with Crippen molar-refractivity contribution in [1.29, 1.82) is 0 Å². The molecule has 1 amide bonds. The average Bonchev–Trinajstić information content (AvgIpc) is 2.54. The molecule has 24 heavy (non-hydrogen) atoms. The summed E-state index contributed by atoms with van der Waals surface area (Å²) in [6.45, 7) is 8.54. The van der Waals surface area contributed by atoms with Crippen LogP contribution in [0.2, 0.25) is 0 Å². The van der Waals surface area contributed by atoms with Gasteiger partial charge in [0.1, 0.15) is 17.3 Å². The van der Waals surface area contributed by atoms with Crippen molar-refractivity contribution in [3.8, 4) is 11.5 Å². The molecule has 0 atom stereocenters. The Labute approximate surface area is 142 Å². The summed E-state index contributed by atoms with van der Waals surface area (Å²) < 4.78 is 10.8. The van der Waals surface area contributed by atoms with E-state index in [0.29, 0.717) is 18.0 Å². The molecule has 1 heterocycles. The fourth-order valence-corrected chi connectivity index (χ4v) is 1.92. The molecule has 0 aliphatic heterocycles. The molecule has 0 aliphatic rings.